The summed E-state index contributed by atoms with van der Waals surface area (Å²) in [6.07, 6.45) is 8.56. The molecule has 9 N–H and O–H groups in total. The standard InChI is InChI=1S/C49H67N7O7/c1-6-7-8-9-10-14-43(58)51-27-12-11-13-40(54-45(59)39(50)30-37-31-52-44(53-37)35-21-23-36(24-22-35)49(3,4)5)46(60)55-41(28-33-17-15-32(2)16-18-33)47(61)56-42(48(62)63)29-34-19-25-38(57)26-20-34/h15-26,31,39-42,57H,6-14,27-30,50H2,1-5H3,(H,51,58)(H,52,53)(H,54,59)(H,55,60)(H,56,61)(H,62,63)/t39?,40?,41?,42-/m0/s1. The SMILES string of the molecule is CCCCCCCC(=O)NCCCCC(NC(=O)C(N)Cc1c[nH]c(-c2ccc(C(C)(C)C)cc2)n1)C(=O)NC(Cc1ccc(C)cc1)C(=O)N[C@@H](Cc1ccc(O)cc1)C(=O)O. The van der Waals surface area contributed by atoms with Crippen LogP contribution in [-0.2, 0) is 48.7 Å². The Bertz CT molecular complexity index is 2080. The van der Waals surface area contributed by atoms with E-state index in [0.717, 1.165) is 48.8 Å². The molecule has 0 radical (unpaired) electrons. The number of amides is 4. The molecule has 0 saturated heterocycles. The first-order valence-corrected chi connectivity index (χ1v) is 22.2. The molecule has 3 aromatic carbocycles. The number of phenols is 1. The Labute approximate surface area is 371 Å². The minimum atomic E-state index is -1.34. The van der Waals surface area contributed by atoms with Crippen LogP contribution in [0.1, 0.15) is 113 Å². The van der Waals surface area contributed by atoms with Gasteiger partial charge in [0.2, 0.25) is 23.6 Å². The number of H-pyrrole nitrogens is 1. The van der Waals surface area contributed by atoms with E-state index in [2.05, 4.69) is 71.1 Å². The number of aliphatic carboxylic acids is 1. The number of hydrogen-bond acceptors (Lipinski definition) is 8. The van der Waals surface area contributed by atoms with Crippen LogP contribution in [0.15, 0.2) is 79.0 Å². The molecule has 4 atom stereocenters. The van der Waals surface area contributed by atoms with Crippen molar-refractivity contribution in [1.29, 1.82) is 0 Å². The zero-order chi connectivity index (χ0) is 45.9. The van der Waals surface area contributed by atoms with Crippen LogP contribution < -0.4 is 27.0 Å². The van der Waals surface area contributed by atoms with Crippen molar-refractivity contribution in [2.45, 2.75) is 141 Å². The van der Waals surface area contributed by atoms with E-state index < -0.39 is 47.9 Å². The molecule has 14 heteroatoms. The van der Waals surface area contributed by atoms with Crippen molar-refractivity contribution >= 4 is 29.6 Å². The number of nitrogens with zero attached hydrogens (tertiary/aromatic N) is 1. The summed E-state index contributed by atoms with van der Waals surface area (Å²) in [5, 5.41) is 30.9. The van der Waals surface area contributed by atoms with Gasteiger partial charge in [-0.3, -0.25) is 19.2 Å². The minimum absolute atomic E-state index is 0.00178. The van der Waals surface area contributed by atoms with Gasteiger partial charge in [-0.1, -0.05) is 120 Å². The average molecular weight is 866 g/mol. The molecule has 4 amide bonds. The maximum absolute atomic E-state index is 14.2. The first kappa shape index (κ1) is 49.6. The second-order valence-corrected chi connectivity index (χ2v) is 17.5. The number of rotatable bonds is 25. The van der Waals surface area contributed by atoms with Gasteiger partial charge in [-0.2, -0.15) is 0 Å². The largest absolute Gasteiger partial charge is 0.508 e. The van der Waals surface area contributed by atoms with Gasteiger partial charge in [0.15, 0.2) is 0 Å². The number of imidazole rings is 1. The quantitative estimate of drug-likeness (QED) is 0.0369. The Balaban J connectivity index is 1.48. The first-order valence-electron chi connectivity index (χ1n) is 22.2. The van der Waals surface area contributed by atoms with E-state index in [-0.39, 0.29) is 42.8 Å². The van der Waals surface area contributed by atoms with Crippen molar-refractivity contribution in [3.63, 3.8) is 0 Å². The number of carboxylic acid groups (broad SMARTS) is 1. The number of carboxylic acids is 1. The van der Waals surface area contributed by atoms with Crippen LogP contribution in [-0.4, -0.2) is 80.5 Å². The number of aromatic nitrogens is 2. The van der Waals surface area contributed by atoms with Crippen molar-refractivity contribution < 1.29 is 34.2 Å². The number of phenolic OH excluding ortho intramolecular Hbond substituents is 1. The third-order valence-electron chi connectivity index (χ3n) is 11.0. The lowest BCUT2D eigenvalue weighted by Crippen LogP contribution is -2.58. The van der Waals surface area contributed by atoms with Crippen LogP contribution in [0.5, 0.6) is 5.75 Å². The van der Waals surface area contributed by atoms with Crippen LogP contribution in [0, 0.1) is 6.92 Å². The van der Waals surface area contributed by atoms with Crippen molar-refractivity contribution in [2.75, 3.05) is 6.54 Å². The molecule has 1 heterocycles. The van der Waals surface area contributed by atoms with Crippen LogP contribution in [0.2, 0.25) is 0 Å². The lowest BCUT2D eigenvalue weighted by atomic mass is 9.87. The minimum Gasteiger partial charge on any atom is -0.508 e. The lowest BCUT2D eigenvalue weighted by Gasteiger charge is -2.25. The fourth-order valence-electron chi connectivity index (χ4n) is 7.07. The highest BCUT2D eigenvalue weighted by Crippen LogP contribution is 2.25. The fourth-order valence-corrected chi connectivity index (χ4v) is 7.07. The average Bonchev–Trinajstić information content (AvgIpc) is 3.72. The predicted molar refractivity (Wildman–Crippen MR) is 245 cm³/mol. The number of carbonyl (C=O) groups is 5. The van der Waals surface area contributed by atoms with Gasteiger partial charge in [-0.05, 0) is 66.8 Å². The number of nitrogens with two attached hydrogens (primary N) is 1. The van der Waals surface area contributed by atoms with Crippen molar-refractivity contribution in [2.24, 2.45) is 5.73 Å². The number of aryl methyl sites for hydroxylation is 1. The van der Waals surface area contributed by atoms with E-state index in [0.29, 0.717) is 42.9 Å². The van der Waals surface area contributed by atoms with Gasteiger partial charge in [-0.25, -0.2) is 9.78 Å². The molecule has 0 aliphatic carbocycles. The van der Waals surface area contributed by atoms with Crippen LogP contribution in [0.25, 0.3) is 11.4 Å². The Hall–Kier alpha value is -6.02. The molecule has 3 unspecified atom stereocenters. The van der Waals surface area contributed by atoms with Crippen LogP contribution in [0.4, 0.5) is 0 Å². The molecule has 63 heavy (non-hydrogen) atoms. The van der Waals surface area contributed by atoms with Crippen LogP contribution >= 0.6 is 0 Å². The summed E-state index contributed by atoms with van der Waals surface area (Å²) in [5.74, 6) is -2.62. The molecular formula is C49H67N7O7. The van der Waals surface area contributed by atoms with Gasteiger partial charge in [0.1, 0.15) is 29.7 Å². The predicted octanol–water partition coefficient (Wildman–Crippen LogP) is 5.93. The summed E-state index contributed by atoms with van der Waals surface area (Å²) in [6.45, 7) is 10.9. The Morgan fingerprint density at radius 3 is 1.94 bits per heavy atom. The van der Waals surface area contributed by atoms with E-state index in [1.807, 2.05) is 43.3 Å². The van der Waals surface area contributed by atoms with E-state index in [4.69, 9.17) is 5.73 Å². The van der Waals surface area contributed by atoms with E-state index in [9.17, 15) is 34.2 Å². The molecule has 1 aromatic heterocycles. The monoisotopic (exact) mass is 866 g/mol. The number of nitrogens with one attached hydrogen (secondary N) is 5. The summed E-state index contributed by atoms with van der Waals surface area (Å²) in [4.78, 5) is 74.4. The smallest absolute Gasteiger partial charge is 0.326 e. The second kappa shape index (κ2) is 24.6. The second-order valence-electron chi connectivity index (χ2n) is 17.5. The number of carbonyl (C=O) groups excluding carboxylic acids is 4. The van der Waals surface area contributed by atoms with Crippen LogP contribution in [0.3, 0.4) is 0 Å². The number of unbranched alkanes of at least 4 members (excludes halogenated alkanes) is 5. The molecule has 0 fully saturated rings. The first-order chi connectivity index (χ1) is 30.0. The molecular weight excluding hydrogens is 799 g/mol. The molecule has 0 spiro atoms. The van der Waals surface area contributed by atoms with Gasteiger partial charge in [0.05, 0.1) is 11.7 Å². The van der Waals surface area contributed by atoms with Gasteiger partial charge < -0.3 is 42.2 Å². The van der Waals surface area contributed by atoms with Crippen molar-refractivity contribution in [1.82, 2.24) is 31.2 Å². The number of hydrogen-bond donors (Lipinski definition) is 8. The van der Waals surface area contributed by atoms with Gasteiger partial charge in [0, 0.05) is 44.0 Å². The van der Waals surface area contributed by atoms with Gasteiger partial charge >= 0.3 is 5.97 Å². The summed E-state index contributed by atoms with van der Waals surface area (Å²) in [7, 11) is 0. The molecule has 14 nitrogen and oxygen atoms in total. The van der Waals surface area contributed by atoms with Gasteiger partial charge in [-0.15, -0.1) is 0 Å². The number of aromatic amines is 1. The Morgan fingerprint density at radius 2 is 1.30 bits per heavy atom. The summed E-state index contributed by atoms with van der Waals surface area (Å²) < 4.78 is 0. The molecule has 0 saturated carbocycles. The zero-order valence-electron chi connectivity index (χ0n) is 37.5. The number of benzene rings is 3. The third-order valence-corrected chi connectivity index (χ3v) is 11.0. The summed E-state index contributed by atoms with van der Waals surface area (Å²) >= 11 is 0. The molecule has 340 valence electrons. The van der Waals surface area contributed by atoms with Gasteiger partial charge in [0.25, 0.3) is 0 Å². The highest BCUT2D eigenvalue weighted by Gasteiger charge is 2.31. The van der Waals surface area contributed by atoms with E-state index in [1.165, 1.54) is 17.7 Å². The van der Waals surface area contributed by atoms with Crippen molar-refractivity contribution in [3.8, 4) is 17.1 Å². The zero-order valence-corrected chi connectivity index (χ0v) is 37.5. The molecule has 4 rings (SSSR count). The highest BCUT2D eigenvalue weighted by molar-refractivity contribution is 5.94. The molecule has 0 bridgehead atoms. The fraction of sp³-hybridized carbons (Fsp3) is 0.469. The van der Waals surface area contributed by atoms with E-state index in [1.54, 1.807) is 18.3 Å². The maximum atomic E-state index is 14.2. The molecule has 0 aliphatic rings. The Kier molecular flexibility index (Phi) is 19.4. The van der Waals surface area contributed by atoms with E-state index >= 15 is 0 Å². The topological polar surface area (TPSA) is 229 Å². The molecule has 4 aromatic rings. The third kappa shape index (κ3) is 17.0. The van der Waals surface area contributed by atoms with Crippen molar-refractivity contribution in [3.05, 3.63) is 107 Å². The summed E-state index contributed by atoms with van der Waals surface area (Å²) in [6, 6.07) is 16.7. The summed E-state index contributed by atoms with van der Waals surface area (Å²) in [5.41, 5.74) is 11.3. The highest BCUT2D eigenvalue weighted by atomic mass is 16.4. The number of aromatic hydroxyl groups is 1. The maximum Gasteiger partial charge on any atom is 0.326 e. The normalized spacial score (nSPS) is 13.3. The molecule has 0 aliphatic heterocycles. The lowest BCUT2D eigenvalue weighted by molar-refractivity contribution is -0.142. The Morgan fingerprint density at radius 1 is 0.714 bits per heavy atom.